The maximum atomic E-state index is 12.7. The molecule has 27 heavy (non-hydrogen) atoms. The molecule has 0 unspecified atom stereocenters. The number of nitrogens with one attached hydrogen (secondary N) is 2. The minimum atomic E-state index is -0.641. The molecule has 2 N–H and O–H groups in total. The largest absolute Gasteiger partial charge is 0.493 e. The Balaban J connectivity index is 2.11. The van der Waals surface area contributed by atoms with E-state index in [0.29, 0.717) is 29.2 Å². The van der Waals surface area contributed by atoms with Gasteiger partial charge >= 0.3 is 0 Å². The zero-order valence-corrected chi connectivity index (χ0v) is 16.5. The van der Waals surface area contributed by atoms with E-state index >= 15 is 0 Å². The third-order valence-electron chi connectivity index (χ3n) is 3.92. The van der Waals surface area contributed by atoms with Crippen LogP contribution in [0.2, 0.25) is 0 Å². The molecule has 0 aliphatic heterocycles. The molecule has 7 heteroatoms. The first-order valence-electron chi connectivity index (χ1n) is 8.46. The first kappa shape index (κ1) is 20.6. The number of rotatable bonds is 9. The Morgan fingerprint density at radius 3 is 2.37 bits per heavy atom. The second-order valence-electron chi connectivity index (χ2n) is 5.73. The fourth-order valence-corrected chi connectivity index (χ4v) is 2.95. The van der Waals surface area contributed by atoms with Gasteiger partial charge in [-0.15, -0.1) is 0 Å². The third kappa shape index (κ3) is 5.92. The summed E-state index contributed by atoms with van der Waals surface area (Å²) in [5.74, 6) is 1.29. The van der Waals surface area contributed by atoms with Gasteiger partial charge in [0.05, 0.1) is 14.2 Å². The SMILES string of the molecule is COc1ccc(NC(=O)[C@@H](CCSC)NC(=O)c2ccccc2)cc1OC. The Labute approximate surface area is 163 Å². The lowest BCUT2D eigenvalue weighted by Gasteiger charge is -2.19. The molecule has 0 bridgehead atoms. The van der Waals surface area contributed by atoms with Crippen molar-refractivity contribution in [3.63, 3.8) is 0 Å². The normalized spacial score (nSPS) is 11.4. The highest BCUT2D eigenvalue weighted by molar-refractivity contribution is 7.98. The van der Waals surface area contributed by atoms with Crippen molar-refractivity contribution in [1.29, 1.82) is 0 Å². The second kappa shape index (κ2) is 10.5. The molecule has 0 aliphatic carbocycles. The van der Waals surface area contributed by atoms with Crippen LogP contribution in [0.4, 0.5) is 5.69 Å². The molecule has 0 aliphatic rings. The van der Waals surface area contributed by atoms with Crippen molar-refractivity contribution < 1.29 is 19.1 Å². The van der Waals surface area contributed by atoms with Crippen LogP contribution in [-0.2, 0) is 4.79 Å². The summed E-state index contributed by atoms with van der Waals surface area (Å²) in [7, 11) is 3.08. The monoisotopic (exact) mass is 388 g/mol. The molecule has 2 rings (SSSR count). The third-order valence-corrected chi connectivity index (χ3v) is 4.56. The average molecular weight is 388 g/mol. The van der Waals surface area contributed by atoms with Crippen molar-refractivity contribution in [1.82, 2.24) is 5.32 Å². The van der Waals surface area contributed by atoms with E-state index in [1.54, 1.807) is 61.3 Å². The van der Waals surface area contributed by atoms with Gasteiger partial charge in [-0.25, -0.2) is 0 Å². The predicted octanol–water partition coefficient (Wildman–Crippen LogP) is 3.19. The molecule has 1 atom stereocenters. The van der Waals surface area contributed by atoms with Crippen molar-refractivity contribution >= 4 is 29.3 Å². The highest BCUT2D eigenvalue weighted by atomic mass is 32.2. The Kier molecular flexibility index (Phi) is 8.00. The van der Waals surface area contributed by atoms with Crippen LogP contribution in [0.25, 0.3) is 0 Å². The van der Waals surface area contributed by atoms with Crippen molar-refractivity contribution in [3.8, 4) is 11.5 Å². The molecule has 0 radical (unpaired) electrons. The molecule has 0 fully saturated rings. The number of methoxy groups -OCH3 is 2. The zero-order chi connectivity index (χ0) is 19.6. The summed E-state index contributed by atoms with van der Waals surface area (Å²) in [6, 6.07) is 13.3. The molecule has 2 amide bonds. The Hall–Kier alpha value is -2.67. The van der Waals surface area contributed by atoms with E-state index in [9.17, 15) is 9.59 Å². The van der Waals surface area contributed by atoms with Crippen LogP contribution in [0.3, 0.4) is 0 Å². The van der Waals surface area contributed by atoms with Crippen molar-refractivity contribution in [2.24, 2.45) is 0 Å². The molecular weight excluding hydrogens is 364 g/mol. The molecule has 2 aromatic carbocycles. The van der Waals surface area contributed by atoms with Gasteiger partial charge in [0.2, 0.25) is 5.91 Å². The van der Waals surface area contributed by atoms with E-state index in [1.165, 1.54) is 7.11 Å². The number of carbonyl (C=O) groups is 2. The average Bonchev–Trinajstić information content (AvgIpc) is 2.71. The van der Waals surface area contributed by atoms with E-state index in [0.717, 1.165) is 5.75 Å². The number of ether oxygens (including phenoxy) is 2. The van der Waals surface area contributed by atoms with Gasteiger partial charge in [-0.1, -0.05) is 18.2 Å². The summed E-state index contributed by atoms with van der Waals surface area (Å²) in [6.45, 7) is 0. The Morgan fingerprint density at radius 2 is 1.74 bits per heavy atom. The van der Waals surface area contributed by atoms with Crippen LogP contribution in [0.1, 0.15) is 16.8 Å². The van der Waals surface area contributed by atoms with Gasteiger partial charge in [0.1, 0.15) is 6.04 Å². The topological polar surface area (TPSA) is 76.7 Å². The number of hydrogen-bond acceptors (Lipinski definition) is 5. The van der Waals surface area contributed by atoms with Gasteiger partial charge < -0.3 is 20.1 Å². The number of thioether (sulfide) groups is 1. The summed E-state index contributed by atoms with van der Waals surface area (Å²) in [5.41, 5.74) is 1.09. The van der Waals surface area contributed by atoms with Crippen LogP contribution in [0.15, 0.2) is 48.5 Å². The maximum Gasteiger partial charge on any atom is 0.251 e. The highest BCUT2D eigenvalue weighted by Crippen LogP contribution is 2.29. The van der Waals surface area contributed by atoms with Crippen LogP contribution in [0.5, 0.6) is 11.5 Å². The molecule has 6 nitrogen and oxygen atoms in total. The van der Waals surface area contributed by atoms with Gasteiger partial charge in [-0.2, -0.15) is 11.8 Å². The fraction of sp³-hybridized carbons (Fsp3) is 0.300. The predicted molar refractivity (Wildman–Crippen MR) is 109 cm³/mol. The van der Waals surface area contributed by atoms with Crippen LogP contribution >= 0.6 is 11.8 Å². The summed E-state index contributed by atoms with van der Waals surface area (Å²) in [6.07, 6.45) is 2.49. The molecule has 144 valence electrons. The number of anilines is 1. The van der Waals surface area contributed by atoms with E-state index in [2.05, 4.69) is 10.6 Å². The van der Waals surface area contributed by atoms with Crippen LogP contribution in [-0.4, -0.2) is 44.1 Å². The Morgan fingerprint density at radius 1 is 1.04 bits per heavy atom. The molecular formula is C20H24N2O4S. The molecule has 0 spiro atoms. The van der Waals surface area contributed by atoms with Gasteiger partial charge in [-0.05, 0) is 42.7 Å². The minimum Gasteiger partial charge on any atom is -0.493 e. The van der Waals surface area contributed by atoms with Crippen LogP contribution in [0, 0.1) is 0 Å². The zero-order valence-electron chi connectivity index (χ0n) is 15.7. The number of hydrogen-bond donors (Lipinski definition) is 2. The highest BCUT2D eigenvalue weighted by Gasteiger charge is 2.21. The smallest absolute Gasteiger partial charge is 0.251 e. The van der Waals surface area contributed by atoms with Gasteiger partial charge in [0.15, 0.2) is 11.5 Å². The summed E-state index contributed by atoms with van der Waals surface area (Å²) in [5, 5.41) is 5.65. The summed E-state index contributed by atoms with van der Waals surface area (Å²) < 4.78 is 10.5. The molecule has 0 aromatic heterocycles. The molecule has 2 aromatic rings. The number of amides is 2. The van der Waals surface area contributed by atoms with Gasteiger partial charge in [0, 0.05) is 17.3 Å². The lowest BCUT2D eigenvalue weighted by atomic mass is 10.1. The van der Waals surface area contributed by atoms with E-state index in [-0.39, 0.29) is 11.8 Å². The van der Waals surface area contributed by atoms with Crippen molar-refractivity contribution in [2.45, 2.75) is 12.5 Å². The lowest BCUT2D eigenvalue weighted by Crippen LogP contribution is -2.44. The standard InChI is InChI=1S/C20H24N2O4S/c1-25-17-10-9-15(13-18(17)26-2)21-20(24)16(11-12-27-3)22-19(23)14-7-5-4-6-8-14/h4-10,13,16H,11-12H2,1-3H3,(H,21,24)(H,22,23)/t16-/m1/s1. The Bertz CT molecular complexity index is 768. The molecule has 0 saturated heterocycles. The number of carbonyl (C=O) groups excluding carboxylic acids is 2. The van der Waals surface area contributed by atoms with E-state index in [4.69, 9.17) is 9.47 Å². The van der Waals surface area contributed by atoms with Crippen molar-refractivity contribution in [3.05, 3.63) is 54.1 Å². The van der Waals surface area contributed by atoms with Gasteiger partial charge in [-0.3, -0.25) is 9.59 Å². The molecule has 0 heterocycles. The van der Waals surface area contributed by atoms with E-state index < -0.39 is 6.04 Å². The summed E-state index contributed by atoms with van der Waals surface area (Å²) in [4.78, 5) is 25.2. The first-order chi connectivity index (χ1) is 13.1. The number of benzene rings is 2. The second-order valence-corrected chi connectivity index (χ2v) is 6.72. The quantitative estimate of drug-likeness (QED) is 0.690. The molecule has 0 saturated carbocycles. The minimum absolute atomic E-state index is 0.274. The van der Waals surface area contributed by atoms with Gasteiger partial charge in [0.25, 0.3) is 5.91 Å². The fourth-order valence-electron chi connectivity index (χ4n) is 2.48. The lowest BCUT2D eigenvalue weighted by molar-refractivity contribution is -0.118. The first-order valence-corrected chi connectivity index (χ1v) is 9.86. The maximum absolute atomic E-state index is 12.7. The summed E-state index contributed by atoms with van der Waals surface area (Å²) >= 11 is 1.62. The van der Waals surface area contributed by atoms with E-state index in [1.807, 2.05) is 12.3 Å². The van der Waals surface area contributed by atoms with Crippen molar-refractivity contribution in [2.75, 3.05) is 31.5 Å². The van der Waals surface area contributed by atoms with Crippen LogP contribution < -0.4 is 20.1 Å².